The number of hydrogen-bond acceptors (Lipinski definition) is 6. The van der Waals surface area contributed by atoms with Crippen LogP contribution in [-0.4, -0.2) is 31.2 Å². The summed E-state index contributed by atoms with van der Waals surface area (Å²) in [4.78, 5) is 27.0. The average molecular weight is 1230 g/mol. The molecule has 5 heterocycles. The number of aromatic nitrogens is 5. The van der Waals surface area contributed by atoms with Crippen molar-refractivity contribution in [3.8, 4) is 84.6 Å². The molecule has 458 valence electrons. The van der Waals surface area contributed by atoms with Crippen LogP contribution in [0.3, 0.4) is 0 Å². The standard InChI is InChI=1S/C88H68BN7/c1-87(2,3)63-44-48-77-68(53-63)69-54-64(88(4,5)6)45-49-78(69)96(77)79-47-43-61(75-55-73(57-27-12-7-13-28-57)90-85(92-75)59-31-16-9-17-32-59)52-70(79)76-56-74(58-29-14-8-15-30-58)91-86(93-76)62-34-26-33-60(51-62)67-46-50-82-83-84(67)95(66-37-20-11-21-38-66)81-42-25-23-40-72(81)89(83)71-39-22-24-41-80(71)94(82)65-35-18-10-19-36-65/h7-56H,1-6H3. The van der Waals surface area contributed by atoms with Crippen LogP contribution in [0.15, 0.2) is 303 Å². The Kier molecular flexibility index (Phi) is 14.0. The highest BCUT2D eigenvalue weighted by atomic mass is 15.2. The van der Waals surface area contributed by atoms with Crippen LogP contribution in [0.1, 0.15) is 52.7 Å². The van der Waals surface area contributed by atoms with Gasteiger partial charge in [0.1, 0.15) is 0 Å². The molecular formula is C88H68BN7. The van der Waals surface area contributed by atoms with E-state index < -0.39 is 0 Å². The summed E-state index contributed by atoms with van der Waals surface area (Å²) in [5, 5.41) is 2.41. The second-order valence-electron chi connectivity index (χ2n) is 27.4. The summed E-state index contributed by atoms with van der Waals surface area (Å²) >= 11 is 0. The summed E-state index contributed by atoms with van der Waals surface area (Å²) in [6.07, 6.45) is 0. The number of anilines is 6. The van der Waals surface area contributed by atoms with Crippen molar-refractivity contribution in [3.63, 3.8) is 0 Å². The molecule has 0 saturated heterocycles. The first-order valence-electron chi connectivity index (χ1n) is 33.2. The second-order valence-corrected chi connectivity index (χ2v) is 27.4. The van der Waals surface area contributed by atoms with Gasteiger partial charge in [-0.05, 0) is 141 Å². The fraction of sp³-hybridized carbons (Fsp3) is 0.0909. The first-order valence-corrected chi connectivity index (χ1v) is 33.2. The summed E-state index contributed by atoms with van der Waals surface area (Å²) in [7, 11) is 0. The lowest BCUT2D eigenvalue weighted by molar-refractivity contribution is 0.590. The van der Waals surface area contributed by atoms with Crippen molar-refractivity contribution >= 4 is 79.0 Å². The van der Waals surface area contributed by atoms with Gasteiger partial charge >= 0.3 is 0 Å². The Morgan fingerprint density at radius 1 is 0.292 bits per heavy atom. The predicted octanol–water partition coefficient (Wildman–Crippen LogP) is 20.7. The van der Waals surface area contributed by atoms with Gasteiger partial charge in [0.25, 0.3) is 6.71 Å². The highest BCUT2D eigenvalue weighted by Gasteiger charge is 2.44. The van der Waals surface area contributed by atoms with Crippen LogP contribution in [-0.2, 0) is 10.8 Å². The molecule has 0 aliphatic carbocycles. The minimum atomic E-state index is -0.0732. The number of benzene rings is 12. The molecule has 0 N–H and O–H groups in total. The van der Waals surface area contributed by atoms with Gasteiger partial charge in [0.2, 0.25) is 0 Å². The smallest absolute Gasteiger partial charge is 0.252 e. The Hall–Kier alpha value is -11.7. The number of rotatable bonds is 10. The van der Waals surface area contributed by atoms with E-state index in [4.69, 9.17) is 19.9 Å². The minimum Gasteiger partial charge on any atom is -0.311 e. The van der Waals surface area contributed by atoms with Crippen molar-refractivity contribution in [1.82, 2.24) is 24.5 Å². The molecule has 8 heteroatoms. The van der Waals surface area contributed by atoms with E-state index in [1.165, 1.54) is 44.0 Å². The zero-order chi connectivity index (χ0) is 64.8. The van der Waals surface area contributed by atoms with Gasteiger partial charge in [-0.15, -0.1) is 0 Å². The van der Waals surface area contributed by atoms with Crippen molar-refractivity contribution in [2.45, 2.75) is 52.4 Å². The van der Waals surface area contributed by atoms with Crippen LogP contribution >= 0.6 is 0 Å². The van der Waals surface area contributed by atoms with E-state index >= 15 is 0 Å². The van der Waals surface area contributed by atoms with Crippen LogP contribution in [0.25, 0.3) is 106 Å². The summed E-state index contributed by atoms with van der Waals surface area (Å²) in [6.45, 7) is 13.7. The molecule has 17 rings (SSSR count). The molecule has 0 radical (unpaired) electrons. The van der Waals surface area contributed by atoms with Crippen molar-refractivity contribution in [2.75, 3.05) is 9.80 Å². The molecule has 3 aromatic heterocycles. The molecule has 12 aromatic carbocycles. The van der Waals surface area contributed by atoms with Crippen LogP contribution < -0.4 is 26.2 Å². The lowest BCUT2D eigenvalue weighted by atomic mass is 9.33. The Morgan fingerprint density at radius 3 is 1.29 bits per heavy atom. The third-order valence-corrected chi connectivity index (χ3v) is 19.3. The summed E-state index contributed by atoms with van der Waals surface area (Å²) < 4.78 is 2.46. The number of nitrogens with zero attached hydrogens (tertiary/aromatic N) is 7. The van der Waals surface area contributed by atoms with Crippen molar-refractivity contribution in [3.05, 3.63) is 314 Å². The zero-order valence-electron chi connectivity index (χ0n) is 54.6. The van der Waals surface area contributed by atoms with E-state index in [0.717, 1.165) is 112 Å². The molecule has 0 bridgehead atoms. The van der Waals surface area contributed by atoms with Gasteiger partial charge in [0, 0.05) is 78.2 Å². The molecular weight excluding hydrogens is 1170 g/mol. The summed E-state index contributed by atoms with van der Waals surface area (Å²) in [6, 6.07) is 110. The van der Waals surface area contributed by atoms with Gasteiger partial charge in [-0.25, -0.2) is 19.9 Å². The Balaban J connectivity index is 0.914. The fourth-order valence-electron chi connectivity index (χ4n) is 14.5. The van der Waals surface area contributed by atoms with E-state index in [1.54, 1.807) is 0 Å². The molecule has 96 heavy (non-hydrogen) atoms. The fourth-order valence-corrected chi connectivity index (χ4v) is 14.5. The van der Waals surface area contributed by atoms with Gasteiger partial charge in [0.05, 0.1) is 45.2 Å². The predicted molar refractivity (Wildman–Crippen MR) is 401 cm³/mol. The monoisotopic (exact) mass is 1230 g/mol. The molecule has 0 unspecified atom stereocenters. The summed E-state index contributed by atoms with van der Waals surface area (Å²) in [5.74, 6) is 1.26. The van der Waals surface area contributed by atoms with Crippen molar-refractivity contribution < 1.29 is 0 Å². The topological polar surface area (TPSA) is 63.0 Å². The number of fused-ring (bicyclic) bond motifs is 7. The van der Waals surface area contributed by atoms with E-state index in [9.17, 15) is 0 Å². The summed E-state index contributed by atoms with van der Waals surface area (Å²) in [5.41, 5.74) is 27.3. The van der Waals surface area contributed by atoms with Gasteiger partial charge in [-0.2, -0.15) is 0 Å². The SMILES string of the molecule is CC(C)(C)c1ccc2c(c1)c1cc(C(C)(C)C)ccc1n2-c1ccc(-c2cc(-c3ccccc3)nc(-c3ccccc3)n2)cc1-c1cc(-c2ccccc2)nc(-c2cccc(-c3ccc4c5c3N(c3ccccc3)c3ccccc3B5c3ccccc3N4c3ccccc3)c2)n1. The molecule has 2 aliphatic heterocycles. The minimum absolute atomic E-state index is 0.0447. The maximum atomic E-state index is 5.85. The Labute approximate surface area is 561 Å². The number of hydrogen-bond donors (Lipinski definition) is 0. The molecule has 0 amide bonds. The number of para-hydroxylation sites is 4. The van der Waals surface area contributed by atoms with Crippen LogP contribution in [0.2, 0.25) is 0 Å². The van der Waals surface area contributed by atoms with E-state index in [0.29, 0.717) is 11.6 Å². The first-order chi connectivity index (χ1) is 46.9. The average Bonchev–Trinajstić information content (AvgIpc) is 0.932. The van der Waals surface area contributed by atoms with Crippen molar-refractivity contribution in [2.24, 2.45) is 0 Å². The van der Waals surface area contributed by atoms with Gasteiger partial charge in [0.15, 0.2) is 11.6 Å². The molecule has 7 nitrogen and oxygen atoms in total. The quantitative estimate of drug-likeness (QED) is 0.127. The van der Waals surface area contributed by atoms with E-state index in [-0.39, 0.29) is 17.5 Å². The molecule has 0 atom stereocenters. The van der Waals surface area contributed by atoms with E-state index in [1.807, 2.05) is 24.3 Å². The second kappa shape index (κ2) is 23.1. The van der Waals surface area contributed by atoms with Gasteiger partial charge < -0.3 is 14.4 Å². The maximum Gasteiger partial charge on any atom is 0.252 e. The zero-order valence-corrected chi connectivity index (χ0v) is 54.6. The Morgan fingerprint density at radius 2 is 0.729 bits per heavy atom. The van der Waals surface area contributed by atoms with Crippen LogP contribution in [0, 0.1) is 0 Å². The maximum absolute atomic E-state index is 5.85. The highest BCUT2D eigenvalue weighted by molar-refractivity contribution is 7.00. The molecule has 0 saturated carbocycles. The third-order valence-electron chi connectivity index (χ3n) is 19.3. The molecule has 15 aromatic rings. The Bertz CT molecular complexity index is 5360. The van der Waals surface area contributed by atoms with Crippen molar-refractivity contribution in [1.29, 1.82) is 0 Å². The molecule has 0 spiro atoms. The lowest BCUT2D eigenvalue weighted by Crippen LogP contribution is -2.61. The van der Waals surface area contributed by atoms with Gasteiger partial charge in [-0.1, -0.05) is 248 Å². The third kappa shape index (κ3) is 10.1. The van der Waals surface area contributed by atoms with E-state index in [2.05, 4.69) is 335 Å². The largest absolute Gasteiger partial charge is 0.311 e. The highest BCUT2D eigenvalue weighted by Crippen LogP contribution is 2.49. The normalized spacial score (nSPS) is 12.6. The molecule has 0 fully saturated rings. The molecule has 2 aliphatic rings. The first kappa shape index (κ1) is 58.1. The lowest BCUT2D eigenvalue weighted by Gasteiger charge is -2.45. The van der Waals surface area contributed by atoms with Crippen LogP contribution in [0.4, 0.5) is 34.1 Å². The van der Waals surface area contributed by atoms with Crippen LogP contribution in [0.5, 0.6) is 0 Å². The van der Waals surface area contributed by atoms with Gasteiger partial charge in [-0.3, -0.25) is 0 Å².